The molecular formula is C16H19N3O3. The molecular weight excluding hydrogens is 282 g/mol. The monoisotopic (exact) mass is 301 g/mol. The summed E-state index contributed by atoms with van der Waals surface area (Å²) in [5.41, 5.74) is 6.82. The first-order chi connectivity index (χ1) is 10.5. The van der Waals surface area contributed by atoms with Crippen molar-refractivity contribution in [3.63, 3.8) is 0 Å². The Bertz CT molecular complexity index is 782. The van der Waals surface area contributed by atoms with Crippen LogP contribution in [0.15, 0.2) is 29.1 Å². The molecule has 0 radical (unpaired) electrons. The van der Waals surface area contributed by atoms with Crippen molar-refractivity contribution >= 4 is 22.6 Å². The normalized spacial score (nSPS) is 19.5. The summed E-state index contributed by atoms with van der Waals surface area (Å²) in [6.07, 6.45) is 1.06. The molecule has 3 rings (SSSR count). The number of carboxylic acid groups (broad SMARTS) is 1. The average Bonchev–Trinajstić information content (AvgIpc) is 2.95. The summed E-state index contributed by atoms with van der Waals surface area (Å²) in [6.45, 7) is 3.87. The number of hydrogen-bond acceptors (Lipinski definition) is 4. The third kappa shape index (κ3) is 2.57. The van der Waals surface area contributed by atoms with Crippen molar-refractivity contribution in [2.75, 3.05) is 18.0 Å². The van der Waals surface area contributed by atoms with Crippen LogP contribution in [0.4, 0.5) is 5.69 Å². The fraction of sp³-hybridized carbons (Fsp3) is 0.375. The number of aromatic carboxylic acids is 1. The van der Waals surface area contributed by atoms with Crippen LogP contribution in [-0.2, 0) is 0 Å². The van der Waals surface area contributed by atoms with E-state index in [4.69, 9.17) is 10.8 Å². The molecule has 116 valence electrons. The van der Waals surface area contributed by atoms with Crippen molar-refractivity contribution in [2.24, 2.45) is 11.7 Å². The van der Waals surface area contributed by atoms with Gasteiger partial charge in [-0.3, -0.25) is 4.79 Å². The number of carbonyl (C=O) groups is 1. The Balaban J connectivity index is 1.96. The first kappa shape index (κ1) is 14.6. The van der Waals surface area contributed by atoms with E-state index in [0.29, 0.717) is 16.8 Å². The third-order valence-electron chi connectivity index (χ3n) is 4.39. The van der Waals surface area contributed by atoms with Crippen LogP contribution in [0.25, 0.3) is 10.9 Å². The van der Waals surface area contributed by atoms with Crippen LogP contribution in [0, 0.1) is 5.92 Å². The van der Waals surface area contributed by atoms with Gasteiger partial charge >= 0.3 is 5.97 Å². The lowest BCUT2D eigenvalue weighted by Gasteiger charge is -2.20. The predicted molar refractivity (Wildman–Crippen MR) is 85.5 cm³/mol. The zero-order chi connectivity index (χ0) is 15.9. The second-order valence-corrected chi connectivity index (χ2v) is 5.94. The second kappa shape index (κ2) is 5.46. The van der Waals surface area contributed by atoms with Crippen LogP contribution in [0.1, 0.15) is 23.7 Å². The van der Waals surface area contributed by atoms with Gasteiger partial charge in [0.2, 0.25) is 0 Å². The van der Waals surface area contributed by atoms with Gasteiger partial charge in [-0.05, 0) is 42.8 Å². The van der Waals surface area contributed by atoms with Gasteiger partial charge in [0.1, 0.15) is 5.56 Å². The zero-order valence-corrected chi connectivity index (χ0v) is 12.4. The third-order valence-corrected chi connectivity index (χ3v) is 4.39. The van der Waals surface area contributed by atoms with Crippen molar-refractivity contribution < 1.29 is 9.90 Å². The molecule has 0 spiro atoms. The SMILES string of the molecule is CC(N)C1CCN(c2ccc3cc(C(=O)O)c(=O)[nH]c3c2)C1. The first-order valence-corrected chi connectivity index (χ1v) is 7.36. The van der Waals surface area contributed by atoms with Gasteiger partial charge in [0.25, 0.3) is 5.56 Å². The molecule has 2 atom stereocenters. The molecule has 1 aromatic heterocycles. The number of nitrogens with two attached hydrogens (primary N) is 1. The summed E-state index contributed by atoms with van der Waals surface area (Å²) >= 11 is 0. The summed E-state index contributed by atoms with van der Waals surface area (Å²) in [4.78, 5) is 27.7. The van der Waals surface area contributed by atoms with Crippen molar-refractivity contribution in [2.45, 2.75) is 19.4 Å². The molecule has 1 aliphatic rings. The van der Waals surface area contributed by atoms with Gasteiger partial charge in [-0.2, -0.15) is 0 Å². The Hall–Kier alpha value is -2.34. The number of nitrogens with one attached hydrogen (secondary N) is 1. The van der Waals surface area contributed by atoms with Crippen LogP contribution >= 0.6 is 0 Å². The number of H-pyrrole nitrogens is 1. The highest BCUT2D eigenvalue weighted by molar-refractivity contribution is 5.93. The Labute approximate surface area is 127 Å². The fourth-order valence-corrected chi connectivity index (χ4v) is 3.00. The lowest BCUT2D eigenvalue weighted by atomic mass is 10.0. The summed E-state index contributed by atoms with van der Waals surface area (Å²) in [5.74, 6) is -0.740. The number of fused-ring (bicyclic) bond motifs is 1. The van der Waals surface area contributed by atoms with Crippen molar-refractivity contribution in [3.05, 3.63) is 40.2 Å². The van der Waals surface area contributed by atoms with Gasteiger partial charge < -0.3 is 20.7 Å². The number of nitrogens with zero attached hydrogens (tertiary/aromatic N) is 1. The van der Waals surface area contributed by atoms with E-state index < -0.39 is 11.5 Å². The minimum Gasteiger partial charge on any atom is -0.477 e. The van der Waals surface area contributed by atoms with E-state index in [1.54, 1.807) is 0 Å². The van der Waals surface area contributed by atoms with Crippen LogP contribution in [0.2, 0.25) is 0 Å². The molecule has 4 N–H and O–H groups in total. The lowest BCUT2D eigenvalue weighted by Crippen LogP contribution is -2.29. The summed E-state index contributed by atoms with van der Waals surface area (Å²) in [5, 5.41) is 9.71. The van der Waals surface area contributed by atoms with Crippen LogP contribution in [0.3, 0.4) is 0 Å². The van der Waals surface area contributed by atoms with Crippen molar-refractivity contribution in [1.82, 2.24) is 4.98 Å². The highest BCUT2D eigenvalue weighted by atomic mass is 16.4. The van der Waals surface area contributed by atoms with Crippen molar-refractivity contribution in [1.29, 1.82) is 0 Å². The largest absolute Gasteiger partial charge is 0.477 e. The molecule has 6 heteroatoms. The van der Waals surface area contributed by atoms with Gasteiger partial charge in [0.05, 0.1) is 5.52 Å². The first-order valence-electron chi connectivity index (χ1n) is 7.36. The van der Waals surface area contributed by atoms with Gasteiger partial charge in [0.15, 0.2) is 0 Å². The Kier molecular flexibility index (Phi) is 3.62. The van der Waals surface area contributed by atoms with Gasteiger partial charge in [-0.25, -0.2) is 4.79 Å². The Morgan fingerprint density at radius 2 is 2.23 bits per heavy atom. The molecule has 1 fully saturated rings. The predicted octanol–water partition coefficient (Wildman–Crippen LogP) is 1.40. The summed E-state index contributed by atoms with van der Waals surface area (Å²) in [6, 6.07) is 7.27. The highest BCUT2D eigenvalue weighted by Gasteiger charge is 2.25. The number of aromatic amines is 1. The molecule has 0 bridgehead atoms. The number of rotatable bonds is 3. The van der Waals surface area contributed by atoms with E-state index in [0.717, 1.165) is 25.2 Å². The maximum atomic E-state index is 11.8. The molecule has 2 heterocycles. The molecule has 2 aromatic rings. The quantitative estimate of drug-likeness (QED) is 0.796. The average molecular weight is 301 g/mol. The number of carboxylic acids is 1. The lowest BCUT2D eigenvalue weighted by molar-refractivity contribution is 0.0695. The summed E-state index contributed by atoms with van der Waals surface area (Å²) in [7, 11) is 0. The Morgan fingerprint density at radius 1 is 1.45 bits per heavy atom. The van der Waals surface area contributed by atoms with E-state index >= 15 is 0 Å². The number of benzene rings is 1. The maximum absolute atomic E-state index is 11.8. The minimum absolute atomic E-state index is 0.170. The fourth-order valence-electron chi connectivity index (χ4n) is 3.00. The zero-order valence-electron chi connectivity index (χ0n) is 12.4. The van der Waals surface area contributed by atoms with Gasteiger partial charge in [-0.1, -0.05) is 6.07 Å². The van der Waals surface area contributed by atoms with Crippen molar-refractivity contribution in [3.8, 4) is 0 Å². The number of aromatic nitrogens is 1. The Morgan fingerprint density at radius 3 is 2.86 bits per heavy atom. The second-order valence-electron chi connectivity index (χ2n) is 5.94. The minimum atomic E-state index is -1.22. The standard InChI is InChI=1S/C16H19N3O3/c1-9(17)11-4-5-19(8-11)12-3-2-10-6-13(16(21)22)15(20)18-14(10)7-12/h2-3,6-7,9,11H,4-5,8,17H2,1H3,(H,18,20)(H,21,22). The van der Waals surface area contributed by atoms with E-state index in [-0.39, 0.29) is 11.6 Å². The van der Waals surface area contributed by atoms with Gasteiger partial charge in [0, 0.05) is 24.8 Å². The molecule has 0 saturated carbocycles. The molecule has 0 amide bonds. The van der Waals surface area contributed by atoms with Crippen LogP contribution in [-0.4, -0.2) is 35.2 Å². The van der Waals surface area contributed by atoms with Crippen LogP contribution < -0.4 is 16.2 Å². The number of anilines is 1. The van der Waals surface area contributed by atoms with E-state index in [1.807, 2.05) is 25.1 Å². The summed E-state index contributed by atoms with van der Waals surface area (Å²) < 4.78 is 0. The smallest absolute Gasteiger partial charge is 0.341 e. The topological polar surface area (TPSA) is 99.4 Å². The number of hydrogen-bond donors (Lipinski definition) is 3. The van der Waals surface area contributed by atoms with E-state index in [1.165, 1.54) is 6.07 Å². The number of pyridine rings is 1. The van der Waals surface area contributed by atoms with E-state index in [9.17, 15) is 9.59 Å². The van der Waals surface area contributed by atoms with E-state index in [2.05, 4.69) is 9.88 Å². The molecule has 6 nitrogen and oxygen atoms in total. The maximum Gasteiger partial charge on any atom is 0.341 e. The molecule has 22 heavy (non-hydrogen) atoms. The molecule has 1 aliphatic heterocycles. The molecule has 1 saturated heterocycles. The highest BCUT2D eigenvalue weighted by Crippen LogP contribution is 2.27. The molecule has 2 unspecified atom stereocenters. The van der Waals surface area contributed by atoms with Gasteiger partial charge in [-0.15, -0.1) is 0 Å². The van der Waals surface area contributed by atoms with Crippen LogP contribution in [0.5, 0.6) is 0 Å². The molecule has 1 aromatic carbocycles. The molecule has 0 aliphatic carbocycles.